The number of carbonyl (C=O) groups excluding carboxylic acids is 1. The van der Waals surface area contributed by atoms with Crippen molar-refractivity contribution in [2.75, 3.05) is 6.61 Å². The van der Waals surface area contributed by atoms with E-state index >= 15 is 0 Å². The summed E-state index contributed by atoms with van der Waals surface area (Å²) in [6.45, 7) is 5.53. The fourth-order valence-electron chi connectivity index (χ4n) is 1.71. The highest BCUT2D eigenvalue weighted by Gasteiger charge is 2.23. The normalized spacial score (nSPS) is 14.8. The molecule has 0 heterocycles. The third-order valence-electron chi connectivity index (χ3n) is 3.52. The van der Waals surface area contributed by atoms with Crippen LogP contribution in [-0.2, 0) is 9.59 Å². The molecule has 5 heteroatoms. The van der Waals surface area contributed by atoms with Crippen LogP contribution in [0.25, 0.3) is 0 Å². The van der Waals surface area contributed by atoms with Gasteiger partial charge in [0.05, 0.1) is 12.5 Å². The number of ether oxygens (including phenoxy) is 1. The molecule has 1 aromatic carbocycles. The smallest absolute Gasteiger partial charge is 0.308 e. The molecule has 0 aromatic heterocycles. The van der Waals surface area contributed by atoms with E-state index in [-0.39, 0.29) is 11.8 Å². The minimum Gasteiger partial charge on any atom is -0.494 e. The lowest BCUT2D eigenvalue weighted by Crippen LogP contribution is -2.42. The van der Waals surface area contributed by atoms with Gasteiger partial charge in [0.15, 0.2) is 0 Å². The largest absolute Gasteiger partial charge is 0.494 e. The number of para-hydroxylation sites is 1. The molecular weight excluding hydrogens is 270 g/mol. The van der Waals surface area contributed by atoms with Gasteiger partial charge in [-0.05, 0) is 32.4 Å². The third kappa shape index (κ3) is 5.85. The van der Waals surface area contributed by atoms with Gasteiger partial charge in [-0.1, -0.05) is 25.1 Å². The van der Waals surface area contributed by atoms with Crippen LogP contribution in [-0.4, -0.2) is 29.6 Å². The van der Waals surface area contributed by atoms with Gasteiger partial charge < -0.3 is 15.2 Å². The van der Waals surface area contributed by atoms with Gasteiger partial charge in [-0.15, -0.1) is 0 Å². The van der Waals surface area contributed by atoms with Crippen molar-refractivity contribution < 1.29 is 19.4 Å². The Balaban J connectivity index is 2.32. The van der Waals surface area contributed by atoms with Crippen LogP contribution in [0.1, 0.15) is 27.2 Å². The van der Waals surface area contributed by atoms with Crippen LogP contribution >= 0.6 is 0 Å². The van der Waals surface area contributed by atoms with Crippen LogP contribution in [0.15, 0.2) is 30.3 Å². The Morgan fingerprint density at radius 2 is 1.81 bits per heavy atom. The van der Waals surface area contributed by atoms with E-state index < -0.39 is 17.9 Å². The van der Waals surface area contributed by atoms with Crippen molar-refractivity contribution in [3.8, 4) is 5.75 Å². The van der Waals surface area contributed by atoms with Crippen molar-refractivity contribution in [1.82, 2.24) is 5.32 Å². The summed E-state index contributed by atoms with van der Waals surface area (Å²) in [4.78, 5) is 22.8. The summed E-state index contributed by atoms with van der Waals surface area (Å²) in [5.41, 5.74) is 0. The zero-order valence-electron chi connectivity index (χ0n) is 12.7. The topological polar surface area (TPSA) is 75.6 Å². The Labute approximate surface area is 125 Å². The molecule has 0 aliphatic rings. The zero-order chi connectivity index (χ0) is 15.8. The van der Waals surface area contributed by atoms with Crippen molar-refractivity contribution in [3.05, 3.63) is 30.3 Å². The SMILES string of the molecule is CC(CCOc1ccccc1)C(=O)NC(C)C(C)C(=O)O. The lowest BCUT2D eigenvalue weighted by Gasteiger charge is -2.20. The van der Waals surface area contributed by atoms with Crippen molar-refractivity contribution in [2.45, 2.75) is 33.2 Å². The highest BCUT2D eigenvalue weighted by atomic mass is 16.5. The number of benzene rings is 1. The predicted octanol–water partition coefficient (Wildman–Crippen LogP) is 2.32. The Kier molecular flexibility index (Phi) is 6.72. The van der Waals surface area contributed by atoms with E-state index in [4.69, 9.17) is 9.84 Å². The summed E-state index contributed by atoms with van der Waals surface area (Å²) in [6, 6.07) is 9.02. The van der Waals surface area contributed by atoms with Crippen LogP contribution < -0.4 is 10.1 Å². The number of carboxylic acid groups (broad SMARTS) is 1. The molecule has 0 aliphatic carbocycles. The first-order chi connectivity index (χ1) is 9.91. The maximum Gasteiger partial charge on any atom is 0.308 e. The second-order valence-corrected chi connectivity index (χ2v) is 5.28. The average Bonchev–Trinajstić information content (AvgIpc) is 2.47. The van der Waals surface area contributed by atoms with Gasteiger partial charge in [0.2, 0.25) is 5.91 Å². The van der Waals surface area contributed by atoms with E-state index in [0.717, 1.165) is 5.75 Å². The fourth-order valence-corrected chi connectivity index (χ4v) is 1.71. The quantitative estimate of drug-likeness (QED) is 0.771. The molecular formula is C16H23NO4. The van der Waals surface area contributed by atoms with Crippen molar-refractivity contribution >= 4 is 11.9 Å². The summed E-state index contributed by atoms with van der Waals surface area (Å²) < 4.78 is 5.54. The minimum atomic E-state index is -0.914. The van der Waals surface area contributed by atoms with Crippen LogP contribution in [0, 0.1) is 11.8 Å². The molecule has 21 heavy (non-hydrogen) atoms. The first-order valence-corrected chi connectivity index (χ1v) is 7.12. The summed E-state index contributed by atoms with van der Waals surface area (Å²) >= 11 is 0. The molecule has 0 radical (unpaired) electrons. The number of rotatable bonds is 8. The van der Waals surface area contributed by atoms with Crippen LogP contribution in [0.4, 0.5) is 0 Å². The Morgan fingerprint density at radius 1 is 1.19 bits per heavy atom. The molecule has 1 amide bonds. The first-order valence-electron chi connectivity index (χ1n) is 7.12. The molecule has 3 unspecified atom stereocenters. The van der Waals surface area contributed by atoms with Crippen LogP contribution in [0.5, 0.6) is 5.75 Å². The van der Waals surface area contributed by atoms with E-state index in [0.29, 0.717) is 13.0 Å². The Morgan fingerprint density at radius 3 is 2.38 bits per heavy atom. The van der Waals surface area contributed by atoms with E-state index in [1.54, 1.807) is 13.8 Å². The predicted molar refractivity (Wildman–Crippen MR) is 80.1 cm³/mol. The van der Waals surface area contributed by atoms with Gasteiger partial charge in [0.1, 0.15) is 5.75 Å². The third-order valence-corrected chi connectivity index (χ3v) is 3.52. The van der Waals surface area contributed by atoms with E-state index in [1.165, 1.54) is 0 Å². The summed E-state index contributed by atoms with van der Waals surface area (Å²) in [5.74, 6) is -1.12. The molecule has 0 spiro atoms. The first kappa shape index (κ1) is 17.0. The van der Waals surface area contributed by atoms with Gasteiger partial charge in [-0.3, -0.25) is 9.59 Å². The highest BCUT2D eigenvalue weighted by molar-refractivity contribution is 5.79. The number of nitrogens with one attached hydrogen (secondary N) is 1. The lowest BCUT2D eigenvalue weighted by molar-refractivity contribution is -0.142. The van der Waals surface area contributed by atoms with Crippen LogP contribution in [0.2, 0.25) is 0 Å². The monoisotopic (exact) mass is 293 g/mol. The molecule has 0 aliphatic heterocycles. The molecule has 1 rings (SSSR count). The number of amides is 1. The van der Waals surface area contributed by atoms with Gasteiger partial charge in [0, 0.05) is 12.0 Å². The molecule has 0 bridgehead atoms. The Hall–Kier alpha value is -2.04. The van der Waals surface area contributed by atoms with Gasteiger partial charge in [-0.25, -0.2) is 0 Å². The highest BCUT2D eigenvalue weighted by Crippen LogP contribution is 2.11. The number of carboxylic acids is 1. The van der Waals surface area contributed by atoms with Gasteiger partial charge >= 0.3 is 5.97 Å². The second kappa shape index (κ2) is 8.29. The Bertz CT molecular complexity index is 461. The van der Waals surface area contributed by atoms with Gasteiger partial charge in [-0.2, -0.15) is 0 Å². The maximum absolute atomic E-state index is 12.0. The van der Waals surface area contributed by atoms with Crippen molar-refractivity contribution in [1.29, 1.82) is 0 Å². The van der Waals surface area contributed by atoms with Gasteiger partial charge in [0.25, 0.3) is 0 Å². The summed E-state index contributed by atoms with van der Waals surface area (Å²) in [7, 11) is 0. The van der Waals surface area contributed by atoms with Crippen molar-refractivity contribution in [3.63, 3.8) is 0 Å². The van der Waals surface area contributed by atoms with E-state index in [1.807, 2.05) is 37.3 Å². The summed E-state index contributed by atoms with van der Waals surface area (Å²) in [6.07, 6.45) is 0.578. The molecule has 3 atom stereocenters. The van der Waals surface area contributed by atoms with Crippen LogP contribution in [0.3, 0.4) is 0 Å². The second-order valence-electron chi connectivity index (χ2n) is 5.28. The lowest BCUT2D eigenvalue weighted by atomic mass is 10.0. The maximum atomic E-state index is 12.0. The minimum absolute atomic E-state index is 0.146. The summed E-state index contributed by atoms with van der Waals surface area (Å²) in [5, 5.41) is 11.6. The number of carbonyl (C=O) groups is 2. The standard InChI is InChI=1S/C16H23NO4/c1-11(9-10-21-14-7-5-4-6-8-14)15(18)17-13(3)12(2)16(19)20/h4-8,11-13H,9-10H2,1-3H3,(H,17,18)(H,19,20). The molecule has 5 nitrogen and oxygen atoms in total. The zero-order valence-corrected chi connectivity index (χ0v) is 12.7. The number of hydrogen-bond donors (Lipinski definition) is 2. The number of hydrogen-bond acceptors (Lipinski definition) is 3. The van der Waals surface area contributed by atoms with E-state index in [2.05, 4.69) is 5.32 Å². The fraction of sp³-hybridized carbons (Fsp3) is 0.500. The van der Waals surface area contributed by atoms with Crippen molar-refractivity contribution in [2.24, 2.45) is 11.8 Å². The van der Waals surface area contributed by atoms with E-state index in [9.17, 15) is 9.59 Å². The molecule has 2 N–H and O–H groups in total. The average molecular weight is 293 g/mol. The molecule has 0 saturated heterocycles. The molecule has 0 fully saturated rings. The molecule has 1 aromatic rings. The molecule has 0 saturated carbocycles. The number of aliphatic carboxylic acids is 1. The molecule has 116 valence electrons.